The van der Waals surface area contributed by atoms with E-state index >= 15 is 0 Å². The Balaban J connectivity index is 2.72. The Bertz CT molecular complexity index is 496. The van der Waals surface area contributed by atoms with Crippen molar-refractivity contribution in [2.75, 3.05) is 6.61 Å². The molecule has 0 aliphatic rings. The summed E-state index contributed by atoms with van der Waals surface area (Å²) in [6, 6.07) is 6.46. The monoisotopic (exact) mass is 277 g/mol. The van der Waals surface area contributed by atoms with Crippen LogP contribution in [-0.2, 0) is 9.59 Å². The maximum absolute atomic E-state index is 11.7. The second-order valence-corrected chi connectivity index (χ2v) is 4.11. The Morgan fingerprint density at radius 2 is 2.05 bits per heavy atom. The summed E-state index contributed by atoms with van der Waals surface area (Å²) in [5.74, 6) is -0.793. The highest BCUT2D eigenvalue weighted by Crippen LogP contribution is 2.19. The van der Waals surface area contributed by atoms with Gasteiger partial charge in [-0.25, -0.2) is 4.79 Å². The van der Waals surface area contributed by atoms with E-state index in [-0.39, 0.29) is 0 Å². The third-order valence-corrected chi connectivity index (χ3v) is 2.66. The van der Waals surface area contributed by atoms with Crippen LogP contribution in [0.15, 0.2) is 30.3 Å². The van der Waals surface area contributed by atoms with Gasteiger partial charge in [-0.1, -0.05) is 25.1 Å². The smallest absolute Gasteiger partial charge is 0.326 e. The highest BCUT2D eigenvalue weighted by Gasteiger charge is 2.15. The lowest BCUT2D eigenvalue weighted by atomic mass is 10.2. The van der Waals surface area contributed by atoms with Crippen molar-refractivity contribution in [1.82, 2.24) is 5.32 Å². The number of hydrogen-bond acceptors (Lipinski definition) is 3. The fourth-order valence-corrected chi connectivity index (χ4v) is 1.63. The van der Waals surface area contributed by atoms with Crippen LogP contribution in [0, 0.1) is 0 Å². The van der Waals surface area contributed by atoms with E-state index in [0.29, 0.717) is 18.8 Å². The van der Waals surface area contributed by atoms with Gasteiger partial charge in [0, 0.05) is 11.6 Å². The average molecular weight is 277 g/mol. The number of benzene rings is 1. The fraction of sp³-hybridized carbons (Fsp3) is 0.333. The van der Waals surface area contributed by atoms with Crippen molar-refractivity contribution in [2.24, 2.45) is 0 Å². The number of aliphatic carboxylic acids is 1. The van der Waals surface area contributed by atoms with Crippen molar-refractivity contribution in [2.45, 2.75) is 26.3 Å². The molecule has 0 spiro atoms. The largest absolute Gasteiger partial charge is 0.493 e. The molecule has 0 aliphatic heterocycles. The minimum atomic E-state index is -1.04. The maximum Gasteiger partial charge on any atom is 0.326 e. The second-order valence-electron chi connectivity index (χ2n) is 4.11. The highest BCUT2D eigenvalue weighted by molar-refractivity contribution is 5.94. The van der Waals surface area contributed by atoms with Gasteiger partial charge < -0.3 is 15.2 Å². The van der Waals surface area contributed by atoms with E-state index in [1.165, 1.54) is 6.08 Å². The maximum atomic E-state index is 11.7. The standard InChI is InChI=1S/C15H19NO4/c1-3-12(15(18)19)16-14(17)10-9-11-7-5-6-8-13(11)20-4-2/h5-10,12H,3-4H2,1-2H3,(H,16,17)(H,18,19)/b10-9+. The summed E-state index contributed by atoms with van der Waals surface area (Å²) < 4.78 is 5.43. The zero-order valence-corrected chi connectivity index (χ0v) is 11.6. The number of carbonyl (C=O) groups is 2. The molecule has 1 unspecified atom stereocenters. The third kappa shape index (κ3) is 4.76. The number of rotatable bonds is 7. The van der Waals surface area contributed by atoms with Crippen LogP contribution in [0.25, 0.3) is 6.08 Å². The number of carboxylic acid groups (broad SMARTS) is 1. The summed E-state index contributed by atoms with van der Waals surface area (Å²) in [5, 5.41) is 11.3. The van der Waals surface area contributed by atoms with Gasteiger partial charge in [-0.3, -0.25) is 4.79 Å². The molecule has 0 saturated carbocycles. The van der Waals surface area contributed by atoms with Crippen LogP contribution in [-0.4, -0.2) is 29.6 Å². The van der Waals surface area contributed by atoms with E-state index in [1.54, 1.807) is 13.0 Å². The number of ether oxygens (including phenoxy) is 1. The van der Waals surface area contributed by atoms with Crippen molar-refractivity contribution in [3.8, 4) is 5.75 Å². The van der Waals surface area contributed by atoms with E-state index in [4.69, 9.17) is 9.84 Å². The van der Waals surface area contributed by atoms with Crippen molar-refractivity contribution in [3.05, 3.63) is 35.9 Å². The molecule has 1 rings (SSSR count). The van der Waals surface area contributed by atoms with E-state index in [9.17, 15) is 9.59 Å². The fourth-order valence-electron chi connectivity index (χ4n) is 1.63. The zero-order valence-electron chi connectivity index (χ0n) is 11.6. The number of carbonyl (C=O) groups excluding carboxylic acids is 1. The predicted octanol–water partition coefficient (Wildman–Crippen LogP) is 2.08. The first-order valence-electron chi connectivity index (χ1n) is 6.51. The molecule has 0 radical (unpaired) electrons. The summed E-state index contributed by atoms with van der Waals surface area (Å²) in [6.45, 7) is 4.12. The predicted molar refractivity (Wildman–Crippen MR) is 76.5 cm³/mol. The van der Waals surface area contributed by atoms with Crippen LogP contribution >= 0.6 is 0 Å². The van der Waals surface area contributed by atoms with E-state index in [0.717, 1.165) is 5.56 Å². The molecular weight excluding hydrogens is 258 g/mol. The second kappa shape index (κ2) is 7.99. The van der Waals surface area contributed by atoms with Crippen molar-refractivity contribution in [1.29, 1.82) is 0 Å². The normalized spacial score (nSPS) is 12.1. The Hall–Kier alpha value is -2.30. The lowest BCUT2D eigenvalue weighted by molar-refractivity contribution is -0.141. The first-order chi connectivity index (χ1) is 9.58. The van der Waals surface area contributed by atoms with Gasteiger partial charge in [0.1, 0.15) is 11.8 Å². The first-order valence-corrected chi connectivity index (χ1v) is 6.51. The van der Waals surface area contributed by atoms with Crippen LogP contribution in [0.4, 0.5) is 0 Å². The van der Waals surface area contributed by atoms with E-state index in [2.05, 4.69) is 5.32 Å². The van der Waals surface area contributed by atoms with Gasteiger partial charge in [0.25, 0.3) is 0 Å². The van der Waals surface area contributed by atoms with Crippen LogP contribution in [0.3, 0.4) is 0 Å². The van der Waals surface area contributed by atoms with Crippen LogP contribution < -0.4 is 10.1 Å². The Morgan fingerprint density at radius 3 is 2.65 bits per heavy atom. The minimum absolute atomic E-state index is 0.338. The van der Waals surface area contributed by atoms with Crippen LogP contribution in [0.2, 0.25) is 0 Å². The number of para-hydroxylation sites is 1. The topological polar surface area (TPSA) is 75.6 Å². The molecule has 108 valence electrons. The highest BCUT2D eigenvalue weighted by atomic mass is 16.5. The molecule has 0 bridgehead atoms. The summed E-state index contributed by atoms with van der Waals surface area (Å²) in [5.41, 5.74) is 0.771. The average Bonchev–Trinajstić information content (AvgIpc) is 2.43. The summed E-state index contributed by atoms with van der Waals surface area (Å²) in [4.78, 5) is 22.5. The minimum Gasteiger partial charge on any atom is -0.493 e. The molecule has 1 atom stereocenters. The number of amides is 1. The summed E-state index contributed by atoms with van der Waals surface area (Å²) in [6.07, 6.45) is 3.25. The molecule has 1 amide bonds. The molecule has 5 heteroatoms. The van der Waals surface area contributed by atoms with Crippen molar-refractivity contribution in [3.63, 3.8) is 0 Å². The molecule has 1 aromatic rings. The van der Waals surface area contributed by atoms with Gasteiger partial charge in [0.05, 0.1) is 6.61 Å². The lowest BCUT2D eigenvalue weighted by Crippen LogP contribution is -2.39. The number of carboxylic acids is 1. The summed E-state index contributed by atoms with van der Waals surface area (Å²) >= 11 is 0. The SMILES string of the molecule is CCOc1ccccc1/C=C/C(=O)NC(CC)C(=O)O. The quantitative estimate of drug-likeness (QED) is 0.748. The molecule has 0 aliphatic carbocycles. The van der Waals surface area contributed by atoms with Gasteiger partial charge in [0.2, 0.25) is 5.91 Å². The molecular formula is C15H19NO4. The van der Waals surface area contributed by atoms with Crippen LogP contribution in [0.1, 0.15) is 25.8 Å². The molecule has 5 nitrogen and oxygen atoms in total. The first kappa shape index (κ1) is 15.8. The Labute approximate surface area is 118 Å². The molecule has 20 heavy (non-hydrogen) atoms. The molecule has 0 fully saturated rings. The number of nitrogens with one attached hydrogen (secondary N) is 1. The van der Waals surface area contributed by atoms with E-state index in [1.807, 2.05) is 31.2 Å². The Morgan fingerprint density at radius 1 is 1.35 bits per heavy atom. The lowest BCUT2D eigenvalue weighted by Gasteiger charge is -2.10. The van der Waals surface area contributed by atoms with Gasteiger partial charge in [0.15, 0.2) is 0 Å². The van der Waals surface area contributed by atoms with Crippen LogP contribution in [0.5, 0.6) is 5.75 Å². The van der Waals surface area contributed by atoms with Crippen molar-refractivity contribution < 1.29 is 19.4 Å². The summed E-state index contributed by atoms with van der Waals surface area (Å²) in [7, 11) is 0. The Kier molecular flexibility index (Phi) is 6.29. The zero-order chi connectivity index (χ0) is 15.0. The van der Waals surface area contributed by atoms with Gasteiger partial charge in [-0.2, -0.15) is 0 Å². The molecule has 2 N–H and O–H groups in total. The molecule has 1 aromatic carbocycles. The van der Waals surface area contributed by atoms with Gasteiger partial charge in [-0.05, 0) is 25.5 Å². The van der Waals surface area contributed by atoms with Crippen molar-refractivity contribution >= 4 is 18.0 Å². The van der Waals surface area contributed by atoms with E-state index < -0.39 is 17.9 Å². The molecule has 0 aromatic heterocycles. The third-order valence-electron chi connectivity index (χ3n) is 2.66. The molecule has 0 saturated heterocycles. The van der Waals surface area contributed by atoms with Gasteiger partial charge >= 0.3 is 5.97 Å². The number of hydrogen-bond donors (Lipinski definition) is 2. The van der Waals surface area contributed by atoms with Gasteiger partial charge in [-0.15, -0.1) is 0 Å². The molecule has 0 heterocycles.